The van der Waals surface area contributed by atoms with Crippen molar-refractivity contribution >= 4 is 17.2 Å². The summed E-state index contributed by atoms with van der Waals surface area (Å²) in [5, 5.41) is 9.30. The van der Waals surface area contributed by atoms with Gasteiger partial charge in [-0.05, 0) is 26.2 Å². The van der Waals surface area contributed by atoms with Crippen molar-refractivity contribution in [3.8, 4) is 12.3 Å². The van der Waals surface area contributed by atoms with E-state index in [-0.39, 0.29) is 17.6 Å². The molecule has 1 atom stereocenters. The number of fused-ring (bicyclic) bond motifs is 1. The van der Waals surface area contributed by atoms with Crippen molar-refractivity contribution < 1.29 is 4.79 Å². The zero-order valence-corrected chi connectivity index (χ0v) is 14.5. The lowest BCUT2D eigenvalue weighted by Crippen LogP contribution is -2.33. The Bertz CT molecular complexity index is 667. The highest BCUT2D eigenvalue weighted by atomic mass is 32.1. The van der Waals surface area contributed by atoms with E-state index in [0.717, 1.165) is 30.7 Å². The molecule has 0 bridgehead atoms. The molecule has 0 N–H and O–H groups in total. The van der Waals surface area contributed by atoms with Crippen LogP contribution in [0.1, 0.15) is 60.1 Å². The van der Waals surface area contributed by atoms with Gasteiger partial charge < -0.3 is 4.90 Å². The van der Waals surface area contributed by atoms with Crippen LogP contribution in [0.15, 0.2) is 10.2 Å². The standard InChI is InChI=1S/C17H22N4OS/c1-4-5-10-17(19-20-17)11-9-15(22)21(3)14-8-6-7-13-16(14)23-12(2)18-13/h1,14H,5-11H2,2-3H3. The first-order chi connectivity index (χ1) is 11.0. The molecule has 0 spiro atoms. The van der Waals surface area contributed by atoms with Crippen LogP contribution in [0.2, 0.25) is 0 Å². The molecule has 3 rings (SSSR count). The summed E-state index contributed by atoms with van der Waals surface area (Å²) in [5.74, 6) is 2.78. The number of carbonyl (C=O) groups is 1. The topological polar surface area (TPSA) is 57.9 Å². The van der Waals surface area contributed by atoms with E-state index >= 15 is 0 Å². The van der Waals surface area contributed by atoms with Gasteiger partial charge in [0, 0.05) is 32.7 Å². The maximum atomic E-state index is 12.6. The van der Waals surface area contributed by atoms with Crippen molar-refractivity contribution in [2.45, 2.75) is 63.6 Å². The van der Waals surface area contributed by atoms with E-state index in [2.05, 4.69) is 21.1 Å². The van der Waals surface area contributed by atoms with E-state index in [1.807, 2.05) is 18.9 Å². The number of carbonyl (C=O) groups excluding carboxylic acids is 1. The van der Waals surface area contributed by atoms with Gasteiger partial charge in [-0.25, -0.2) is 4.98 Å². The molecular formula is C17H22N4OS. The van der Waals surface area contributed by atoms with Crippen LogP contribution in [-0.2, 0) is 11.2 Å². The summed E-state index contributed by atoms with van der Waals surface area (Å²) < 4.78 is 0. The molecule has 1 aliphatic carbocycles. The van der Waals surface area contributed by atoms with Gasteiger partial charge in [0.2, 0.25) is 5.91 Å². The van der Waals surface area contributed by atoms with Crippen LogP contribution in [0, 0.1) is 19.3 Å². The van der Waals surface area contributed by atoms with E-state index in [9.17, 15) is 4.79 Å². The fourth-order valence-electron chi connectivity index (χ4n) is 3.21. The summed E-state index contributed by atoms with van der Waals surface area (Å²) in [4.78, 5) is 20.4. The minimum atomic E-state index is -0.373. The molecule has 1 unspecified atom stereocenters. The van der Waals surface area contributed by atoms with E-state index in [0.29, 0.717) is 19.3 Å². The third-order valence-corrected chi connectivity index (χ3v) is 5.80. The summed E-state index contributed by atoms with van der Waals surface area (Å²) in [6.45, 7) is 2.03. The molecule has 1 aliphatic heterocycles. The zero-order chi connectivity index (χ0) is 16.4. The number of amides is 1. The van der Waals surface area contributed by atoms with Crippen LogP contribution < -0.4 is 0 Å². The second kappa shape index (κ2) is 6.40. The van der Waals surface area contributed by atoms with Crippen molar-refractivity contribution in [3.05, 3.63) is 15.6 Å². The van der Waals surface area contributed by atoms with Gasteiger partial charge in [0.25, 0.3) is 0 Å². The van der Waals surface area contributed by atoms with E-state index in [1.165, 1.54) is 10.6 Å². The first-order valence-corrected chi connectivity index (χ1v) is 8.96. The quantitative estimate of drug-likeness (QED) is 0.748. The number of thiazole rings is 1. The molecule has 122 valence electrons. The minimum Gasteiger partial charge on any atom is -0.338 e. The fourth-order valence-corrected chi connectivity index (χ4v) is 4.37. The average molecular weight is 330 g/mol. The molecule has 0 fully saturated rings. The third kappa shape index (κ3) is 3.45. The molecule has 0 saturated heterocycles. The second-order valence-electron chi connectivity index (χ2n) is 6.34. The van der Waals surface area contributed by atoms with E-state index < -0.39 is 0 Å². The third-order valence-electron chi connectivity index (χ3n) is 4.68. The largest absolute Gasteiger partial charge is 0.338 e. The Kier molecular flexibility index (Phi) is 4.49. The van der Waals surface area contributed by atoms with E-state index in [4.69, 9.17) is 6.42 Å². The SMILES string of the molecule is C#CCCC1(CCC(=O)N(C)C2CCCc3nc(C)sc32)N=N1. The molecule has 1 aromatic rings. The molecule has 0 aromatic carbocycles. The molecule has 5 nitrogen and oxygen atoms in total. The van der Waals surface area contributed by atoms with Crippen LogP contribution >= 0.6 is 11.3 Å². The Morgan fingerprint density at radius 1 is 1.48 bits per heavy atom. The van der Waals surface area contributed by atoms with Crippen LogP contribution in [-0.4, -0.2) is 28.5 Å². The summed E-state index contributed by atoms with van der Waals surface area (Å²) >= 11 is 1.73. The summed E-state index contributed by atoms with van der Waals surface area (Å²) in [6, 6.07) is 0.173. The second-order valence-corrected chi connectivity index (χ2v) is 7.58. The van der Waals surface area contributed by atoms with Crippen LogP contribution in [0.3, 0.4) is 0 Å². The number of nitrogens with zero attached hydrogens (tertiary/aromatic N) is 4. The van der Waals surface area contributed by atoms with Gasteiger partial charge in [-0.2, -0.15) is 10.2 Å². The first kappa shape index (κ1) is 16.1. The van der Waals surface area contributed by atoms with Gasteiger partial charge in [0.05, 0.1) is 21.6 Å². The number of aryl methyl sites for hydroxylation is 2. The van der Waals surface area contributed by atoms with Crippen molar-refractivity contribution in [3.63, 3.8) is 0 Å². The summed E-state index contributed by atoms with van der Waals surface area (Å²) in [5.41, 5.74) is 0.808. The van der Waals surface area contributed by atoms with Crippen molar-refractivity contribution in [1.29, 1.82) is 0 Å². The fraction of sp³-hybridized carbons (Fsp3) is 0.647. The predicted octanol–water partition coefficient (Wildman–Crippen LogP) is 3.64. The van der Waals surface area contributed by atoms with Gasteiger partial charge in [-0.3, -0.25) is 4.79 Å². The Labute approximate surface area is 141 Å². The lowest BCUT2D eigenvalue weighted by Gasteiger charge is -2.31. The maximum absolute atomic E-state index is 12.6. The van der Waals surface area contributed by atoms with Crippen molar-refractivity contribution in [1.82, 2.24) is 9.88 Å². The van der Waals surface area contributed by atoms with Crippen LogP contribution in [0.4, 0.5) is 0 Å². The van der Waals surface area contributed by atoms with Crippen molar-refractivity contribution in [2.75, 3.05) is 7.05 Å². The van der Waals surface area contributed by atoms with Gasteiger partial charge >= 0.3 is 0 Å². The highest BCUT2D eigenvalue weighted by Crippen LogP contribution is 2.40. The Balaban J connectivity index is 1.59. The normalized spacial score (nSPS) is 20.7. The number of aromatic nitrogens is 1. The number of hydrogen-bond acceptors (Lipinski definition) is 5. The smallest absolute Gasteiger partial charge is 0.223 e. The highest BCUT2D eigenvalue weighted by molar-refractivity contribution is 7.11. The monoisotopic (exact) mass is 330 g/mol. The number of hydrogen-bond donors (Lipinski definition) is 0. The number of rotatable bonds is 6. The first-order valence-electron chi connectivity index (χ1n) is 8.14. The zero-order valence-electron chi connectivity index (χ0n) is 13.7. The van der Waals surface area contributed by atoms with Gasteiger partial charge in [0.1, 0.15) is 0 Å². The maximum Gasteiger partial charge on any atom is 0.223 e. The van der Waals surface area contributed by atoms with Crippen LogP contribution in [0.5, 0.6) is 0 Å². The lowest BCUT2D eigenvalue weighted by molar-refractivity contribution is -0.132. The molecule has 0 saturated carbocycles. The molecule has 1 amide bonds. The Hall–Kier alpha value is -1.74. The van der Waals surface area contributed by atoms with Crippen LogP contribution in [0.25, 0.3) is 0 Å². The lowest BCUT2D eigenvalue weighted by atomic mass is 9.96. The minimum absolute atomic E-state index is 0.159. The molecule has 23 heavy (non-hydrogen) atoms. The molecule has 1 aromatic heterocycles. The molecule has 2 aliphatic rings. The average Bonchev–Trinajstić information content (AvgIpc) is 3.21. The molecule has 2 heterocycles. The van der Waals surface area contributed by atoms with Gasteiger partial charge in [0.15, 0.2) is 5.66 Å². The Morgan fingerprint density at radius 3 is 2.96 bits per heavy atom. The Morgan fingerprint density at radius 2 is 2.26 bits per heavy atom. The molecular weight excluding hydrogens is 308 g/mol. The molecule has 6 heteroatoms. The van der Waals surface area contributed by atoms with E-state index in [1.54, 1.807) is 11.3 Å². The summed E-state index contributed by atoms with van der Waals surface area (Å²) in [7, 11) is 1.91. The van der Waals surface area contributed by atoms with Gasteiger partial charge in [-0.15, -0.1) is 23.7 Å². The number of terminal acetylenes is 1. The molecule has 0 radical (unpaired) electrons. The van der Waals surface area contributed by atoms with Gasteiger partial charge in [-0.1, -0.05) is 0 Å². The predicted molar refractivity (Wildman–Crippen MR) is 90.2 cm³/mol. The van der Waals surface area contributed by atoms with Crippen molar-refractivity contribution in [2.24, 2.45) is 10.2 Å². The highest BCUT2D eigenvalue weighted by Gasteiger charge is 2.40. The summed E-state index contributed by atoms with van der Waals surface area (Å²) in [6.07, 6.45) is 11.0.